The van der Waals surface area contributed by atoms with Crippen molar-refractivity contribution in [3.63, 3.8) is 0 Å². The molecule has 0 saturated heterocycles. The summed E-state index contributed by atoms with van der Waals surface area (Å²) in [5, 5.41) is 5.00. The lowest BCUT2D eigenvalue weighted by molar-refractivity contribution is 0.660. The van der Waals surface area contributed by atoms with E-state index in [1.165, 1.54) is 105 Å². The smallest absolute Gasteiger partial charge is 0.0547 e. The molecule has 0 unspecified atom stereocenters. The van der Waals surface area contributed by atoms with Crippen LogP contribution in [0, 0.1) is 0 Å². The van der Waals surface area contributed by atoms with Crippen molar-refractivity contribution in [1.82, 2.24) is 9.13 Å². The maximum absolute atomic E-state index is 3.89. The number of benzene rings is 9. The van der Waals surface area contributed by atoms with E-state index in [1.807, 2.05) is 0 Å². The van der Waals surface area contributed by atoms with Crippen molar-refractivity contribution in [3.05, 3.63) is 216 Å². The van der Waals surface area contributed by atoms with Gasteiger partial charge in [-0.3, -0.25) is 0 Å². The van der Waals surface area contributed by atoms with E-state index in [1.54, 1.807) is 0 Å². The molecule has 0 fully saturated rings. The van der Waals surface area contributed by atoms with E-state index in [2.05, 4.69) is 239 Å². The minimum Gasteiger partial charge on any atom is -0.309 e. The summed E-state index contributed by atoms with van der Waals surface area (Å²) >= 11 is 3.89. The number of nitrogens with zero attached hydrogens (tertiary/aromatic N) is 2. The van der Waals surface area contributed by atoms with Gasteiger partial charge in [-0.2, -0.15) is 0 Å². The lowest BCUT2D eigenvalue weighted by Gasteiger charge is -2.22. The van der Waals surface area contributed by atoms with Gasteiger partial charge in [0.25, 0.3) is 0 Å². The number of rotatable bonds is 5. The maximum atomic E-state index is 3.89. The van der Waals surface area contributed by atoms with Gasteiger partial charge in [0.2, 0.25) is 0 Å². The Hall–Kier alpha value is -6.94. The molecular weight excluding hydrogens is 793 g/mol. The highest BCUT2D eigenvalue weighted by atomic mass is 79.9. The van der Waals surface area contributed by atoms with Crippen LogP contribution in [0.4, 0.5) is 0 Å². The summed E-state index contributed by atoms with van der Waals surface area (Å²) in [7, 11) is 0. The van der Waals surface area contributed by atoms with Crippen molar-refractivity contribution in [3.8, 4) is 55.9 Å². The van der Waals surface area contributed by atoms with Crippen LogP contribution in [0.2, 0.25) is 0 Å². The predicted molar refractivity (Wildman–Crippen MR) is 257 cm³/mol. The van der Waals surface area contributed by atoms with E-state index < -0.39 is 0 Å². The van der Waals surface area contributed by atoms with Crippen LogP contribution in [0.3, 0.4) is 0 Å². The second kappa shape index (κ2) is 13.3. The molecule has 0 atom stereocenters. The summed E-state index contributed by atoms with van der Waals surface area (Å²) in [5.74, 6) is 0. The Labute approximate surface area is 357 Å². The second-order valence-electron chi connectivity index (χ2n) is 16.7. The highest BCUT2D eigenvalue weighted by Gasteiger charge is 2.35. The van der Waals surface area contributed by atoms with Crippen LogP contribution in [0.5, 0.6) is 0 Å². The van der Waals surface area contributed by atoms with Gasteiger partial charge in [0.1, 0.15) is 0 Å². The number of hydrogen-bond donors (Lipinski definition) is 0. The quantitative estimate of drug-likeness (QED) is 0.164. The topological polar surface area (TPSA) is 9.86 Å². The van der Waals surface area contributed by atoms with Crippen molar-refractivity contribution < 1.29 is 0 Å². The molecule has 0 amide bonds. The van der Waals surface area contributed by atoms with Gasteiger partial charge < -0.3 is 9.13 Å². The molecule has 3 heteroatoms. The van der Waals surface area contributed by atoms with Crippen LogP contribution in [0.15, 0.2) is 205 Å². The van der Waals surface area contributed by atoms with Gasteiger partial charge in [-0.15, -0.1) is 0 Å². The summed E-state index contributed by atoms with van der Waals surface area (Å²) in [6.07, 6.45) is 0. The molecule has 2 heterocycles. The van der Waals surface area contributed by atoms with Crippen molar-refractivity contribution in [1.29, 1.82) is 0 Å². The summed E-state index contributed by atoms with van der Waals surface area (Å²) in [6.45, 7) is 4.72. The third-order valence-corrected chi connectivity index (χ3v) is 13.7. The normalized spacial score (nSPS) is 13.1. The van der Waals surface area contributed by atoms with Crippen LogP contribution in [-0.2, 0) is 5.41 Å². The largest absolute Gasteiger partial charge is 0.309 e. The van der Waals surface area contributed by atoms with E-state index in [9.17, 15) is 0 Å². The minimum atomic E-state index is -0.0764. The number of para-hydroxylation sites is 3. The molecule has 11 aromatic rings. The Morgan fingerprint density at radius 3 is 1.65 bits per heavy atom. The molecule has 1 aliphatic rings. The van der Waals surface area contributed by atoms with E-state index in [0.717, 1.165) is 10.2 Å². The summed E-state index contributed by atoms with van der Waals surface area (Å²) < 4.78 is 5.93. The van der Waals surface area contributed by atoms with Crippen molar-refractivity contribution in [2.24, 2.45) is 0 Å². The van der Waals surface area contributed by atoms with Crippen molar-refractivity contribution in [2.45, 2.75) is 19.3 Å². The first-order valence-corrected chi connectivity index (χ1v) is 21.5. The molecule has 0 aliphatic heterocycles. The van der Waals surface area contributed by atoms with Crippen LogP contribution in [-0.4, -0.2) is 9.13 Å². The molecule has 0 radical (unpaired) electrons. The first kappa shape index (κ1) is 35.0. The van der Waals surface area contributed by atoms with Gasteiger partial charge in [-0.25, -0.2) is 0 Å². The fourth-order valence-corrected chi connectivity index (χ4v) is 10.6. The van der Waals surface area contributed by atoms with Gasteiger partial charge in [0.15, 0.2) is 0 Å². The van der Waals surface area contributed by atoms with Crippen molar-refractivity contribution in [2.75, 3.05) is 0 Å². The van der Waals surface area contributed by atoms with Crippen LogP contribution >= 0.6 is 15.9 Å². The standard InChI is InChI=1S/C57H39BrN2/c1-57(2)50-20-10-6-17-44(50)45-28-26-42(35-51(45)57)60-54-23-13-9-19-47(54)49-33-36(25-29-55(49)60)38-30-39(32-40(31-38)43-16-7-11-21-52(43)58)37-24-27-48-46-18-8-12-22-53(46)59(56(48)34-37)41-14-4-3-5-15-41/h3-35H,1-2H3. The highest BCUT2D eigenvalue weighted by molar-refractivity contribution is 9.10. The Kier molecular flexibility index (Phi) is 7.76. The number of halogens is 1. The molecule has 60 heavy (non-hydrogen) atoms. The predicted octanol–water partition coefficient (Wildman–Crippen LogP) is 16.0. The van der Waals surface area contributed by atoms with E-state index in [-0.39, 0.29) is 5.41 Å². The van der Waals surface area contributed by atoms with Crippen molar-refractivity contribution >= 4 is 59.5 Å². The average Bonchev–Trinajstić information content (AvgIpc) is 3.89. The maximum Gasteiger partial charge on any atom is 0.0547 e. The third kappa shape index (κ3) is 5.25. The molecule has 1 aliphatic carbocycles. The van der Waals surface area contributed by atoms with Gasteiger partial charge in [-0.05, 0) is 134 Å². The van der Waals surface area contributed by atoms with E-state index in [0.29, 0.717) is 0 Å². The zero-order chi connectivity index (χ0) is 40.1. The molecular formula is C57H39BrN2. The fourth-order valence-electron chi connectivity index (χ4n) is 10.1. The molecule has 0 bridgehead atoms. The Morgan fingerprint density at radius 1 is 0.333 bits per heavy atom. The summed E-state index contributed by atoms with van der Waals surface area (Å²) in [6, 6.07) is 73.9. The number of fused-ring (bicyclic) bond motifs is 9. The minimum absolute atomic E-state index is 0.0764. The molecule has 9 aromatic carbocycles. The lowest BCUT2D eigenvalue weighted by atomic mass is 9.82. The van der Waals surface area contributed by atoms with Crippen LogP contribution < -0.4 is 0 Å². The molecule has 2 aromatic heterocycles. The Morgan fingerprint density at radius 2 is 0.883 bits per heavy atom. The average molecular weight is 832 g/mol. The van der Waals surface area contributed by atoms with Crippen LogP contribution in [0.25, 0.3) is 99.5 Å². The van der Waals surface area contributed by atoms with E-state index in [4.69, 9.17) is 0 Å². The zero-order valence-electron chi connectivity index (χ0n) is 33.3. The number of hydrogen-bond acceptors (Lipinski definition) is 0. The molecule has 0 spiro atoms. The van der Waals surface area contributed by atoms with E-state index >= 15 is 0 Å². The zero-order valence-corrected chi connectivity index (χ0v) is 34.9. The lowest BCUT2D eigenvalue weighted by Crippen LogP contribution is -2.15. The fraction of sp³-hybridized carbons (Fsp3) is 0.0526. The van der Waals surface area contributed by atoms with Gasteiger partial charge in [-0.1, -0.05) is 151 Å². The Balaban J connectivity index is 1.05. The molecule has 0 N–H and O–H groups in total. The molecule has 0 saturated carbocycles. The molecule has 284 valence electrons. The third-order valence-electron chi connectivity index (χ3n) is 13.0. The Bertz CT molecular complexity index is 3530. The SMILES string of the molecule is CC1(C)c2ccccc2-c2ccc(-n3c4ccccc4c4cc(-c5cc(-c6ccc7c8ccccc8n(-c8ccccc8)c7c6)cc(-c6ccccc6Br)c5)ccc43)cc21. The molecule has 12 rings (SSSR count). The number of aromatic nitrogens is 2. The first-order valence-electron chi connectivity index (χ1n) is 20.7. The van der Waals surface area contributed by atoms with Crippen LogP contribution in [0.1, 0.15) is 25.0 Å². The first-order chi connectivity index (χ1) is 29.4. The second-order valence-corrected chi connectivity index (χ2v) is 17.5. The van der Waals surface area contributed by atoms with Gasteiger partial charge in [0.05, 0.1) is 22.1 Å². The monoisotopic (exact) mass is 830 g/mol. The highest BCUT2D eigenvalue weighted by Crippen LogP contribution is 2.50. The van der Waals surface area contributed by atoms with Gasteiger partial charge >= 0.3 is 0 Å². The summed E-state index contributed by atoms with van der Waals surface area (Å²) in [5.41, 5.74) is 19.6. The summed E-state index contributed by atoms with van der Waals surface area (Å²) in [4.78, 5) is 0. The molecule has 2 nitrogen and oxygen atoms in total. The van der Waals surface area contributed by atoms with Gasteiger partial charge in [0, 0.05) is 42.8 Å².